The lowest BCUT2D eigenvalue weighted by atomic mass is 9.92. The van der Waals surface area contributed by atoms with Crippen molar-refractivity contribution in [1.29, 1.82) is 0 Å². The van der Waals surface area contributed by atoms with Gasteiger partial charge in [0.1, 0.15) is 10.8 Å². The molecule has 2 aromatic heterocycles. The van der Waals surface area contributed by atoms with E-state index in [0.29, 0.717) is 22.4 Å². The van der Waals surface area contributed by atoms with E-state index in [-0.39, 0.29) is 18.4 Å². The number of thiazole rings is 1. The van der Waals surface area contributed by atoms with Gasteiger partial charge in [0, 0.05) is 27.5 Å². The van der Waals surface area contributed by atoms with Gasteiger partial charge in [0.2, 0.25) is 0 Å². The third-order valence-electron chi connectivity index (χ3n) is 5.25. The second-order valence-electron chi connectivity index (χ2n) is 7.24. The molecule has 7 heteroatoms. The van der Waals surface area contributed by atoms with E-state index in [1.54, 1.807) is 30.6 Å². The summed E-state index contributed by atoms with van der Waals surface area (Å²) >= 11 is 3.15. The molecule has 1 aliphatic heterocycles. The number of hydrogen-bond donors (Lipinski definition) is 0. The summed E-state index contributed by atoms with van der Waals surface area (Å²) in [6, 6.07) is 16.6. The first-order valence-corrected chi connectivity index (χ1v) is 11.7. The van der Waals surface area contributed by atoms with Crippen LogP contribution in [0.15, 0.2) is 70.7 Å². The monoisotopic (exact) mass is 458 g/mol. The van der Waals surface area contributed by atoms with Gasteiger partial charge in [-0.3, -0.25) is 14.5 Å². The number of carbonyl (C=O) groups excluding carboxylic acids is 2. The van der Waals surface area contributed by atoms with E-state index in [0.717, 1.165) is 21.9 Å². The first-order valence-electron chi connectivity index (χ1n) is 9.92. The summed E-state index contributed by atoms with van der Waals surface area (Å²) in [6.07, 6.45) is 1.78. The van der Waals surface area contributed by atoms with Crippen LogP contribution in [0.1, 0.15) is 27.2 Å². The van der Waals surface area contributed by atoms with Gasteiger partial charge in [0.25, 0.3) is 11.8 Å². The summed E-state index contributed by atoms with van der Waals surface area (Å²) < 4.78 is 5.20. The lowest BCUT2D eigenvalue weighted by Gasteiger charge is -2.28. The van der Waals surface area contributed by atoms with Gasteiger partial charge in [-0.2, -0.15) is 11.3 Å². The average Bonchev–Trinajstić information content (AvgIpc) is 3.52. The Balaban J connectivity index is 1.52. The smallest absolute Gasteiger partial charge is 0.261 e. The standard InChI is InChI=1S/C25H18N2O3S2/c1-30-19-8-6-16(7-9-19)13-27-24(28)21-5-3-2-4-20(21)22(25(27)29)12-18-15-32-23(26-18)17-10-11-31-14-17/h2-12,14-15H,13H2,1H3/b22-12+. The predicted octanol–water partition coefficient (Wildman–Crippen LogP) is 5.60. The fraction of sp³-hybridized carbons (Fsp3) is 0.0800. The number of rotatable bonds is 5. The second kappa shape index (κ2) is 8.53. The Kier molecular flexibility index (Phi) is 5.43. The zero-order valence-corrected chi connectivity index (χ0v) is 18.8. The molecule has 2 aromatic carbocycles. The molecule has 1 aliphatic rings. The number of aromatic nitrogens is 1. The summed E-state index contributed by atoms with van der Waals surface area (Å²) in [6.45, 7) is 0.185. The summed E-state index contributed by atoms with van der Waals surface area (Å²) in [5.74, 6) is 0.103. The maximum absolute atomic E-state index is 13.5. The minimum absolute atomic E-state index is 0.185. The van der Waals surface area contributed by atoms with E-state index in [9.17, 15) is 9.59 Å². The molecule has 5 rings (SSSR count). The number of ether oxygens (including phenoxy) is 1. The molecule has 0 atom stereocenters. The molecular weight excluding hydrogens is 440 g/mol. The predicted molar refractivity (Wildman–Crippen MR) is 128 cm³/mol. The van der Waals surface area contributed by atoms with Crippen LogP contribution in [0.4, 0.5) is 0 Å². The molecule has 0 spiro atoms. The molecule has 158 valence electrons. The lowest BCUT2D eigenvalue weighted by Crippen LogP contribution is -2.41. The normalized spacial score (nSPS) is 14.7. The third-order valence-corrected chi connectivity index (χ3v) is 6.84. The van der Waals surface area contributed by atoms with Gasteiger partial charge in [0.15, 0.2) is 0 Å². The Bertz CT molecular complexity index is 1320. The van der Waals surface area contributed by atoms with E-state index in [1.165, 1.54) is 16.2 Å². The summed E-state index contributed by atoms with van der Waals surface area (Å²) in [5, 5.41) is 6.89. The molecule has 3 heterocycles. The third kappa shape index (κ3) is 3.77. The summed E-state index contributed by atoms with van der Waals surface area (Å²) in [5.41, 5.74) is 4.23. The zero-order valence-electron chi connectivity index (χ0n) is 17.1. The van der Waals surface area contributed by atoms with Crippen molar-refractivity contribution >= 4 is 46.1 Å². The lowest BCUT2D eigenvalue weighted by molar-refractivity contribution is -0.123. The molecule has 0 bridgehead atoms. The van der Waals surface area contributed by atoms with Crippen molar-refractivity contribution in [3.8, 4) is 16.3 Å². The Morgan fingerprint density at radius 3 is 2.47 bits per heavy atom. The topological polar surface area (TPSA) is 59.5 Å². The number of carbonyl (C=O) groups is 2. The van der Waals surface area contributed by atoms with Crippen LogP contribution in [0, 0.1) is 0 Å². The van der Waals surface area contributed by atoms with Gasteiger partial charge in [-0.05, 0) is 41.3 Å². The van der Waals surface area contributed by atoms with Crippen LogP contribution in [0.3, 0.4) is 0 Å². The van der Waals surface area contributed by atoms with Gasteiger partial charge >= 0.3 is 0 Å². The highest BCUT2D eigenvalue weighted by Gasteiger charge is 2.34. The van der Waals surface area contributed by atoms with Crippen molar-refractivity contribution in [3.05, 3.63) is 93.1 Å². The number of fused-ring (bicyclic) bond motifs is 1. The van der Waals surface area contributed by atoms with Crippen molar-refractivity contribution in [1.82, 2.24) is 9.88 Å². The van der Waals surface area contributed by atoms with Gasteiger partial charge in [-0.1, -0.05) is 30.3 Å². The van der Waals surface area contributed by atoms with E-state index in [2.05, 4.69) is 4.98 Å². The maximum Gasteiger partial charge on any atom is 0.261 e. The molecular formula is C25H18N2O3S2. The quantitative estimate of drug-likeness (QED) is 0.288. The fourth-order valence-corrected chi connectivity index (χ4v) is 5.11. The number of amides is 2. The number of imide groups is 1. The Morgan fingerprint density at radius 1 is 0.969 bits per heavy atom. The first-order chi connectivity index (χ1) is 15.6. The largest absolute Gasteiger partial charge is 0.497 e. The number of hydrogen-bond acceptors (Lipinski definition) is 6. The van der Waals surface area contributed by atoms with Crippen LogP contribution in [0.25, 0.3) is 22.2 Å². The Labute approximate surface area is 193 Å². The molecule has 0 N–H and O–H groups in total. The van der Waals surface area contributed by atoms with Gasteiger partial charge in [-0.25, -0.2) is 4.98 Å². The van der Waals surface area contributed by atoms with Crippen LogP contribution < -0.4 is 4.74 Å². The first kappa shape index (κ1) is 20.4. The number of benzene rings is 2. The molecule has 0 aliphatic carbocycles. The van der Waals surface area contributed by atoms with Crippen LogP contribution in [0.5, 0.6) is 5.75 Å². The van der Waals surface area contributed by atoms with Gasteiger partial charge in [0.05, 0.1) is 24.9 Å². The van der Waals surface area contributed by atoms with Crippen molar-refractivity contribution < 1.29 is 14.3 Å². The molecule has 0 unspecified atom stereocenters. The van der Waals surface area contributed by atoms with E-state index >= 15 is 0 Å². The Hall–Kier alpha value is -3.55. The van der Waals surface area contributed by atoms with E-state index in [1.807, 2.05) is 64.7 Å². The summed E-state index contributed by atoms with van der Waals surface area (Å²) in [4.78, 5) is 32.6. The van der Waals surface area contributed by atoms with Crippen molar-refractivity contribution in [3.63, 3.8) is 0 Å². The van der Waals surface area contributed by atoms with Crippen molar-refractivity contribution in [2.24, 2.45) is 0 Å². The Morgan fingerprint density at radius 2 is 1.75 bits per heavy atom. The van der Waals surface area contributed by atoms with Crippen LogP contribution >= 0.6 is 22.7 Å². The zero-order chi connectivity index (χ0) is 22.1. The minimum Gasteiger partial charge on any atom is -0.497 e. The molecule has 0 saturated carbocycles. The fourth-order valence-electron chi connectivity index (χ4n) is 3.62. The van der Waals surface area contributed by atoms with Gasteiger partial charge < -0.3 is 4.74 Å². The van der Waals surface area contributed by atoms with Crippen LogP contribution in [-0.2, 0) is 11.3 Å². The highest BCUT2D eigenvalue weighted by molar-refractivity contribution is 7.14. The molecule has 0 radical (unpaired) electrons. The van der Waals surface area contributed by atoms with Gasteiger partial charge in [-0.15, -0.1) is 11.3 Å². The maximum atomic E-state index is 13.5. The average molecular weight is 459 g/mol. The number of thiophene rings is 1. The minimum atomic E-state index is -0.324. The summed E-state index contributed by atoms with van der Waals surface area (Å²) in [7, 11) is 1.60. The molecule has 2 amide bonds. The number of nitrogens with zero attached hydrogens (tertiary/aromatic N) is 2. The molecule has 0 saturated heterocycles. The van der Waals surface area contributed by atoms with E-state index < -0.39 is 0 Å². The molecule has 5 nitrogen and oxygen atoms in total. The second-order valence-corrected chi connectivity index (χ2v) is 8.88. The van der Waals surface area contributed by atoms with Crippen LogP contribution in [-0.4, -0.2) is 28.8 Å². The van der Waals surface area contributed by atoms with Crippen molar-refractivity contribution in [2.45, 2.75) is 6.54 Å². The highest BCUT2D eigenvalue weighted by atomic mass is 32.1. The highest BCUT2D eigenvalue weighted by Crippen LogP contribution is 2.33. The van der Waals surface area contributed by atoms with Crippen LogP contribution in [0.2, 0.25) is 0 Å². The molecule has 4 aromatic rings. The number of methoxy groups -OCH3 is 1. The van der Waals surface area contributed by atoms with E-state index in [4.69, 9.17) is 4.74 Å². The SMILES string of the molecule is COc1ccc(CN2C(=O)/C(=C/c3csc(-c4ccsc4)n3)c3ccccc3C2=O)cc1. The molecule has 0 fully saturated rings. The van der Waals surface area contributed by atoms with Crippen molar-refractivity contribution in [2.75, 3.05) is 7.11 Å². The molecule has 32 heavy (non-hydrogen) atoms.